The molecule has 20 heavy (non-hydrogen) atoms. The number of rotatable bonds is 5. The fourth-order valence-corrected chi connectivity index (χ4v) is 2.02. The molecule has 0 saturated carbocycles. The average molecular weight is 270 g/mol. The predicted molar refractivity (Wildman–Crippen MR) is 80.0 cm³/mol. The smallest absolute Gasteiger partial charge is 0.261 e. The molecule has 0 unspecified atom stereocenters. The van der Waals surface area contributed by atoms with Crippen molar-refractivity contribution in [1.29, 1.82) is 0 Å². The highest BCUT2D eigenvalue weighted by atomic mass is 16.2. The van der Waals surface area contributed by atoms with Gasteiger partial charge in [0, 0.05) is 43.6 Å². The maximum Gasteiger partial charge on any atom is 0.261 e. The van der Waals surface area contributed by atoms with Crippen molar-refractivity contribution in [1.82, 2.24) is 9.97 Å². The normalized spacial score (nSPS) is 10.1. The molecule has 0 aliphatic rings. The molecule has 0 fully saturated rings. The summed E-state index contributed by atoms with van der Waals surface area (Å²) >= 11 is 0. The third kappa shape index (κ3) is 2.93. The summed E-state index contributed by atoms with van der Waals surface area (Å²) in [6, 6.07) is 5.46. The summed E-state index contributed by atoms with van der Waals surface area (Å²) < 4.78 is 0. The summed E-state index contributed by atoms with van der Waals surface area (Å²) in [6.45, 7) is 5.28. The number of hydrogen-bond donors (Lipinski definition) is 1. The lowest BCUT2D eigenvalue weighted by atomic mass is 10.2. The first-order valence-corrected chi connectivity index (χ1v) is 6.67. The molecule has 5 heteroatoms. The summed E-state index contributed by atoms with van der Waals surface area (Å²) in [6.07, 6.45) is 6.64. The van der Waals surface area contributed by atoms with E-state index in [1.54, 1.807) is 29.7 Å². The van der Waals surface area contributed by atoms with E-state index in [9.17, 15) is 4.79 Å². The summed E-state index contributed by atoms with van der Waals surface area (Å²) in [7, 11) is 0. The first kappa shape index (κ1) is 14.0. The predicted octanol–water partition coefficient (Wildman–Crippen LogP) is 2.58. The number of hydrogen-bond acceptors (Lipinski definition) is 4. The molecule has 0 bridgehead atoms. The van der Waals surface area contributed by atoms with Gasteiger partial charge in [0.2, 0.25) is 0 Å². The number of nitrogens with one attached hydrogen (secondary N) is 1. The molecule has 5 nitrogen and oxygen atoms in total. The number of aromatic nitrogens is 2. The van der Waals surface area contributed by atoms with E-state index in [4.69, 9.17) is 0 Å². The Balaban J connectivity index is 2.34. The summed E-state index contributed by atoms with van der Waals surface area (Å²) in [4.78, 5) is 22.4. The van der Waals surface area contributed by atoms with Crippen LogP contribution in [0.15, 0.2) is 43.0 Å². The highest BCUT2D eigenvalue weighted by molar-refractivity contribution is 6.09. The van der Waals surface area contributed by atoms with E-state index in [0.29, 0.717) is 12.1 Å². The van der Waals surface area contributed by atoms with E-state index in [2.05, 4.69) is 15.3 Å². The van der Waals surface area contributed by atoms with Crippen molar-refractivity contribution in [3.8, 4) is 0 Å². The molecule has 1 N–H and O–H groups in total. The molecule has 0 saturated heterocycles. The van der Waals surface area contributed by atoms with E-state index >= 15 is 0 Å². The first-order chi connectivity index (χ1) is 9.77. The highest BCUT2D eigenvalue weighted by Gasteiger charge is 2.19. The van der Waals surface area contributed by atoms with Gasteiger partial charge in [-0.05, 0) is 32.0 Å². The van der Waals surface area contributed by atoms with Gasteiger partial charge in [-0.15, -0.1) is 0 Å². The van der Waals surface area contributed by atoms with Crippen LogP contribution in [0, 0.1) is 0 Å². The zero-order valence-corrected chi connectivity index (χ0v) is 11.7. The van der Waals surface area contributed by atoms with Gasteiger partial charge in [0.15, 0.2) is 0 Å². The van der Waals surface area contributed by atoms with Crippen molar-refractivity contribution in [2.45, 2.75) is 13.8 Å². The second-order valence-electron chi connectivity index (χ2n) is 4.21. The maximum atomic E-state index is 12.7. The van der Waals surface area contributed by atoms with Crippen molar-refractivity contribution < 1.29 is 4.79 Å². The van der Waals surface area contributed by atoms with Crippen molar-refractivity contribution in [2.75, 3.05) is 23.3 Å². The Kier molecular flexibility index (Phi) is 4.65. The van der Waals surface area contributed by atoms with Crippen LogP contribution in [0.1, 0.15) is 24.2 Å². The number of carbonyl (C=O) groups excluding carboxylic acids is 1. The monoisotopic (exact) mass is 270 g/mol. The van der Waals surface area contributed by atoms with Gasteiger partial charge in [0.1, 0.15) is 0 Å². The molecule has 0 spiro atoms. The Bertz CT molecular complexity index is 571. The number of carbonyl (C=O) groups is 1. The van der Waals surface area contributed by atoms with Gasteiger partial charge in [-0.3, -0.25) is 14.8 Å². The third-order valence-corrected chi connectivity index (χ3v) is 2.95. The molecule has 0 aromatic carbocycles. The number of pyridine rings is 2. The Morgan fingerprint density at radius 1 is 1.15 bits per heavy atom. The van der Waals surface area contributed by atoms with Crippen molar-refractivity contribution in [3.63, 3.8) is 0 Å². The average Bonchev–Trinajstić information content (AvgIpc) is 2.50. The molecule has 2 aromatic heterocycles. The lowest BCUT2D eigenvalue weighted by Crippen LogP contribution is -2.31. The Morgan fingerprint density at radius 3 is 2.50 bits per heavy atom. The highest BCUT2D eigenvalue weighted by Crippen LogP contribution is 2.20. The van der Waals surface area contributed by atoms with Gasteiger partial charge in [0.25, 0.3) is 5.91 Å². The standard InChI is InChI=1S/C15H18N4O/c1-3-18-14-7-10-17-11-13(14)15(20)19(4-2)12-5-8-16-9-6-12/h5-11H,3-4H2,1-2H3,(H,17,18). The van der Waals surface area contributed by atoms with Crippen LogP contribution in [0.25, 0.3) is 0 Å². The Hall–Kier alpha value is -2.43. The zero-order valence-electron chi connectivity index (χ0n) is 11.7. The second-order valence-corrected chi connectivity index (χ2v) is 4.21. The van der Waals surface area contributed by atoms with Crippen molar-refractivity contribution in [3.05, 3.63) is 48.5 Å². The van der Waals surface area contributed by atoms with Crippen LogP contribution >= 0.6 is 0 Å². The van der Waals surface area contributed by atoms with Crippen molar-refractivity contribution >= 4 is 17.3 Å². The van der Waals surface area contributed by atoms with Gasteiger partial charge >= 0.3 is 0 Å². The first-order valence-electron chi connectivity index (χ1n) is 6.67. The minimum Gasteiger partial charge on any atom is -0.385 e. The van der Waals surface area contributed by atoms with Crippen LogP contribution in [0.3, 0.4) is 0 Å². The maximum absolute atomic E-state index is 12.7. The van der Waals surface area contributed by atoms with Crippen LogP contribution in [-0.4, -0.2) is 29.0 Å². The van der Waals surface area contributed by atoms with E-state index in [-0.39, 0.29) is 5.91 Å². The molecule has 2 aromatic rings. The minimum absolute atomic E-state index is 0.0669. The van der Waals surface area contributed by atoms with Crippen LogP contribution in [0.5, 0.6) is 0 Å². The molecule has 1 amide bonds. The van der Waals surface area contributed by atoms with Crippen LogP contribution in [0.4, 0.5) is 11.4 Å². The van der Waals surface area contributed by atoms with E-state index < -0.39 is 0 Å². The molecule has 0 aliphatic carbocycles. The molecule has 0 aliphatic heterocycles. The van der Waals surface area contributed by atoms with Crippen LogP contribution in [-0.2, 0) is 0 Å². The van der Waals surface area contributed by atoms with Crippen molar-refractivity contribution in [2.24, 2.45) is 0 Å². The Morgan fingerprint density at radius 2 is 1.85 bits per heavy atom. The number of amides is 1. The second kappa shape index (κ2) is 6.65. The number of nitrogens with zero attached hydrogens (tertiary/aromatic N) is 3. The molecule has 2 rings (SSSR count). The quantitative estimate of drug-likeness (QED) is 0.907. The molecule has 0 atom stereocenters. The van der Waals surface area contributed by atoms with E-state index in [1.165, 1.54) is 0 Å². The van der Waals surface area contributed by atoms with Crippen LogP contribution < -0.4 is 10.2 Å². The van der Waals surface area contributed by atoms with Gasteiger partial charge in [-0.1, -0.05) is 0 Å². The topological polar surface area (TPSA) is 58.1 Å². The Labute approximate surface area is 118 Å². The van der Waals surface area contributed by atoms with Crippen LogP contribution in [0.2, 0.25) is 0 Å². The third-order valence-electron chi connectivity index (χ3n) is 2.95. The molecular formula is C15H18N4O. The van der Waals surface area contributed by atoms with Gasteiger partial charge in [-0.2, -0.15) is 0 Å². The fraction of sp³-hybridized carbons (Fsp3) is 0.267. The summed E-state index contributed by atoms with van der Waals surface area (Å²) in [5.41, 5.74) is 2.21. The summed E-state index contributed by atoms with van der Waals surface area (Å²) in [5, 5.41) is 3.19. The minimum atomic E-state index is -0.0669. The van der Waals surface area contributed by atoms with Gasteiger partial charge < -0.3 is 10.2 Å². The summed E-state index contributed by atoms with van der Waals surface area (Å²) in [5.74, 6) is -0.0669. The van der Waals surface area contributed by atoms with Gasteiger partial charge in [-0.25, -0.2) is 0 Å². The van der Waals surface area contributed by atoms with E-state index in [1.807, 2.05) is 32.0 Å². The zero-order chi connectivity index (χ0) is 14.4. The molecule has 104 valence electrons. The lowest BCUT2D eigenvalue weighted by molar-refractivity contribution is 0.0988. The largest absolute Gasteiger partial charge is 0.385 e. The van der Waals surface area contributed by atoms with E-state index in [0.717, 1.165) is 17.9 Å². The molecule has 2 heterocycles. The lowest BCUT2D eigenvalue weighted by Gasteiger charge is -2.22. The fourth-order valence-electron chi connectivity index (χ4n) is 2.02. The van der Waals surface area contributed by atoms with Gasteiger partial charge in [0.05, 0.1) is 11.3 Å². The number of anilines is 2. The SMILES string of the molecule is CCNc1ccncc1C(=O)N(CC)c1ccncc1. The molecule has 0 radical (unpaired) electrons. The molecular weight excluding hydrogens is 252 g/mol.